The number of thiophene rings is 1. The molecule has 6 heteroatoms. The van der Waals surface area contributed by atoms with Crippen LogP contribution >= 0.6 is 11.3 Å². The Balaban J connectivity index is 1.61. The fraction of sp³-hybridized carbons (Fsp3) is 0.412. The molecule has 0 bridgehead atoms. The number of likely N-dealkylation sites (N-methyl/N-ethyl adjacent to an activating group) is 1. The van der Waals surface area contributed by atoms with E-state index in [2.05, 4.69) is 4.98 Å². The first kappa shape index (κ1) is 16.0. The first-order chi connectivity index (χ1) is 11.2. The third kappa shape index (κ3) is 3.71. The van der Waals surface area contributed by atoms with Gasteiger partial charge in [-0.15, -0.1) is 11.3 Å². The molecule has 0 unspecified atom stereocenters. The number of rotatable bonds is 6. The van der Waals surface area contributed by atoms with Crippen LogP contribution < -0.4 is 4.74 Å². The summed E-state index contributed by atoms with van der Waals surface area (Å²) in [5.41, 5.74) is 0.905. The first-order valence-electron chi connectivity index (χ1n) is 7.78. The lowest BCUT2D eigenvalue weighted by atomic mass is 10.1. The minimum Gasteiger partial charge on any atom is -0.480 e. The van der Waals surface area contributed by atoms with Crippen molar-refractivity contribution < 1.29 is 14.6 Å². The lowest BCUT2D eigenvalue weighted by Crippen LogP contribution is -2.35. The van der Waals surface area contributed by atoms with Gasteiger partial charge in [0.25, 0.3) is 0 Å². The molecule has 1 saturated heterocycles. The number of pyridine rings is 1. The average molecular weight is 332 g/mol. The summed E-state index contributed by atoms with van der Waals surface area (Å²) >= 11 is 1.64. The molecular weight excluding hydrogens is 312 g/mol. The summed E-state index contributed by atoms with van der Waals surface area (Å²) in [7, 11) is 0. The van der Waals surface area contributed by atoms with Gasteiger partial charge in [-0.2, -0.15) is 0 Å². The predicted molar refractivity (Wildman–Crippen MR) is 89.8 cm³/mol. The number of aliphatic carboxylic acids is 1. The Hall–Kier alpha value is -1.92. The second kappa shape index (κ2) is 7.10. The smallest absolute Gasteiger partial charge is 0.320 e. The van der Waals surface area contributed by atoms with Crippen molar-refractivity contribution in [3.63, 3.8) is 0 Å². The van der Waals surface area contributed by atoms with Crippen LogP contribution in [0, 0.1) is 5.92 Å². The molecule has 0 aliphatic carbocycles. The van der Waals surface area contributed by atoms with Crippen molar-refractivity contribution in [1.82, 2.24) is 9.88 Å². The number of hydrogen-bond donors (Lipinski definition) is 1. The number of carbonyl (C=O) groups is 1. The monoisotopic (exact) mass is 332 g/mol. The number of hydrogen-bond acceptors (Lipinski definition) is 5. The predicted octanol–water partition coefficient (Wildman–Crippen LogP) is 2.98. The van der Waals surface area contributed by atoms with Crippen LogP contribution in [0.3, 0.4) is 0 Å². The Morgan fingerprint density at radius 1 is 1.43 bits per heavy atom. The molecule has 2 aromatic heterocycles. The number of nitrogens with zero attached hydrogens (tertiary/aromatic N) is 2. The Labute approximate surface area is 139 Å². The Kier molecular flexibility index (Phi) is 4.93. The molecule has 3 rings (SSSR count). The van der Waals surface area contributed by atoms with Gasteiger partial charge in [-0.25, -0.2) is 4.98 Å². The first-order valence-corrected chi connectivity index (χ1v) is 8.66. The molecule has 0 amide bonds. The van der Waals surface area contributed by atoms with Gasteiger partial charge < -0.3 is 9.84 Å². The lowest BCUT2D eigenvalue weighted by molar-refractivity contribution is -0.142. The fourth-order valence-electron chi connectivity index (χ4n) is 2.99. The highest BCUT2D eigenvalue weighted by Gasteiger charge is 2.36. The topological polar surface area (TPSA) is 62.7 Å². The zero-order valence-electron chi connectivity index (χ0n) is 13.0. The van der Waals surface area contributed by atoms with Crippen molar-refractivity contribution in [2.24, 2.45) is 5.92 Å². The van der Waals surface area contributed by atoms with Crippen LogP contribution in [0.15, 0.2) is 35.7 Å². The summed E-state index contributed by atoms with van der Waals surface area (Å²) in [6.07, 6.45) is 0.633. The Morgan fingerprint density at radius 3 is 2.96 bits per heavy atom. The van der Waals surface area contributed by atoms with Crippen molar-refractivity contribution in [3.05, 3.63) is 35.7 Å². The minimum atomic E-state index is -0.743. The van der Waals surface area contributed by atoms with Gasteiger partial charge in [-0.1, -0.05) is 19.1 Å². The number of carboxylic acid groups (broad SMARTS) is 1. The molecule has 122 valence electrons. The van der Waals surface area contributed by atoms with Gasteiger partial charge in [0.05, 0.1) is 17.2 Å². The minimum absolute atomic E-state index is 0.225. The maximum atomic E-state index is 11.3. The van der Waals surface area contributed by atoms with E-state index in [1.165, 1.54) is 0 Å². The maximum absolute atomic E-state index is 11.3. The van der Waals surface area contributed by atoms with Crippen molar-refractivity contribution >= 4 is 17.3 Å². The van der Waals surface area contributed by atoms with E-state index in [0.717, 1.165) is 23.7 Å². The van der Waals surface area contributed by atoms with Crippen LogP contribution in [0.1, 0.15) is 13.3 Å². The van der Waals surface area contributed by atoms with E-state index in [-0.39, 0.29) is 12.0 Å². The molecule has 2 atom stereocenters. The highest BCUT2D eigenvalue weighted by Crippen LogP contribution is 2.26. The van der Waals surface area contributed by atoms with Gasteiger partial charge in [0.1, 0.15) is 6.04 Å². The van der Waals surface area contributed by atoms with E-state index >= 15 is 0 Å². The zero-order chi connectivity index (χ0) is 16.2. The van der Waals surface area contributed by atoms with Gasteiger partial charge in [0, 0.05) is 18.5 Å². The normalized spacial score (nSPS) is 21.4. The molecule has 0 spiro atoms. The molecule has 0 saturated carbocycles. The molecule has 0 radical (unpaired) electrons. The van der Waals surface area contributed by atoms with E-state index in [1.807, 2.05) is 47.5 Å². The van der Waals surface area contributed by atoms with Crippen molar-refractivity contribution in [3.8, 4) is 16.5 Å². The highest BCUT2D eigenvalue weighted by atomic mass is 32.1. The maximum Gasteiger partial charge on any atom is 0.320 e. The molecule has 1 aliphatic heterocycles. The van der Waals surface area contributed by atoms with E-state index in [1.54, 1.807) is 11.3 Å². The summed E-state index contributed by atoms with van der Waals surface area (Å²) in [6, 6.07) is 9.39. The van der Waals surface area contributed by atoms with Gasteiger partial charge in [-0.3, -0.25) is 9.69 Å². The molecule has 23 heavy (non-hydrogen) atoms. The quantitative estimate of drug-likeness (QED) is 0.881. The summed E-state index contributed by atoms with van der Waals surface area (Å²) in [6.45, 7) is 4.00. The van der Waals surface area contributed by atoms with Crippen LogP contribution in [-0.2, 0) is 4.79 Å². The van der Waals surface area contributed by atoms with Crippen molar-refractivity contribution in [2.75, 3.05) is 19.7 Å². The van der Waals surface area contributed by atoms with Crippen LogP contribution in [0.4, 0.5) is 0 Å². The fourth-order valence-corrected chi connectivity index (χ4v) is 3.68. The largest absolute Gasteiger partial charge is 0.480 e. The van der Waals surface area contributed by atoms with Gasteiger partial charge >= 0.3 is 5.97 Å². The number of carboxylic acids is 1. The van der Waals surface area contributed by atoms with E-state index in [4.69, 9.17) is 4.74 Å². The van der Waals surface area contributed by atoms with E-state index in [0.29, 0.717) is 18.9 Å². The van der Waals surface area contributed by atoms with Crippen molar-refractivity contribution in [2.45, 2.75) is 19.4 Å². The third-order valence-corrected chi connectivity index (χ3v) is 5.04. The average Bonchev–Trinajstić information content (AvgIpc) is 3.22. The summed E-state index contributed by atoms with van der Waals surface area (Å²) in [5.74, 6) is 0.0770. The van der Waals surface area contributed by atoms with Gasteiger partial charge in [-0.05, 0) is 30.5 Å². The van der Waals surface area contributed by atoms with Crippen molar-refractivity contribution in [1.29, 1.82) is 0 Å². The molecule has 2 aromatic rings. The molecule has 3 heterocycles. The van der Waals surface area contributed by atoms with Gasteiger partial charge in [0.15, 0.2) is 0 Å². The third-order valence-electron chi connectivity index (χ3n) is 4.15. The second-order valence-corrected chi connectivity index (χ2v) is 6.64. The number of aromatic nitrogens is 1. The molecular formula is C17H20N2O3S. The summed E-state index contributed by atoms with van der Waals surface area (Å²) in [5, 5.41) is 11.3. The molecule has 5 nitrogen and oxygen atoms in total. The summed E-state index contributed by atoms with van der Waals surface area (Å²) in [4.78, 5) is 18.9. The Morgan fingerprint density at radius 2 is 2.30 bits per heavy atom. The highest BCUT2D eigenvalue weighted by molar-refractivity contribution is 7.13. The molecule has 0 aromatic carbocycles. The van der Waals surface area contributed by atoms with E-state index in [9.17, 15) is 9.90 Å². The molecule has 1 fully saturated rings. The molecule has 1 aliphatic rings. The summed E-state index contributed by atoms with van der Waals surface area (Å²) < 4.78 is 5.82. The zero-order valence-corrected chi connectivity index (χ0v) is 13.8. The van der Waals surface area contributed by atoms with Crippen LogP contribution in [0.2, 0.25) is 0 Å². The molecule has 1 N–H and O–H groups in total. The number of likely N-dealkylation sites (tertiary alicyclic amines) is 1. The van der Waals surface area contributed by atoms with Gasteiger partial charge in [0.2, 0.25) is 5.88 Å². The standard InChI is InChI=1S/C17H20N2O3S/c1-2-19-10-12(9-14(19)17(20)21)11-22-16-7-3-5-13(18-16)15-6-4-8-23-15/h3-8,12,14H,2,9-11H2,1H3,(H,20,21)/t12-,14+/m1/s1. The van der Waals surface area contributed by atoms with Crippen LogP contribution in [-0.4, -0.2) is 46.7 Å². The Bertz CT molecular complexity index is 660. The number of ether oxygens (including phenoxy) is 1. The van der Waals surface area contributed by atoms with E-state index < -0.39 is 5.97 Å². The van der Waals surface area contributed by atoms with Crippen LogP contribution in [0.25, 0.3) is 10.6 Å². The van der Waals surface area contributed by atoms with Crippen LogP contribution in [0.5, 0.6) is 5.88 Å². The SMILES string of the molecule is CCN1C[C@H](COc2cccc(-c3cccs3)n2)C[C@H]1C(=O)O. The second-order valence-electron chi connectivity index (χ2n) is 5.69. The lowest BCUT2D eigenvalue weighted by Gasteiger charge is -2.18.